The highest BCUT2D eigenvalue weighted by Crippen LogP contribution is 2.35. The summed E-state index contributed by atoms with van der Waals surface area (Å²) >= 11 is 0. The van der Waals surface area contributed by atoms with Crippen LogP contribution in [0.15, 0.2) is 35.1 Å². The number of imidazole rings is 1. The summed E-state index contributed by atoms with van der Waals surface area (Å²) in [7, 11) is 3.37. The number of aryl methyl sites for hydroxylation is 2. The van der Waals surface area contributed by atoms with E-state index in [9.17, 15) is 19.2 Å². The number of amides is 3. The van der Waals surface area contributed by atoms with E-state index < -0.39 is 0 Å². The SMILES string of the molecule is Cn1c(=O)n(C)c2cc(NC(=O)CCN3C(=O)[C@H]4CC=CC[C@H]4C3=O)ccc21. The molecule has 0 bridgehead atoms. The van der Waals surface area contributed by atoms with Gasteiger partial charge in [-0.3, -0.25) is 28.4 Å². The Labute approximate surface area is 161 Å². The van der Waals surface area contributed by atoms with Gasteiger partial charge in [0.25, 0.3) is 0 Å². The number of nitrogens with zero attached hydrogens (tertiary/aromatic N) is 3. The fourth-order valence-corrected chi connectivity index (χ4v) is 4.11. The van der Waals surface area contributed by atoms with Crippen molar-refractivity contribution < 1.29 is 14.4 Å². The minimum absolute atomic E-state index is 0.0378. The van der Waals surface area contributed by atoms with E-state index >= 15 is 0 Å². The maximum Gasteiger partial charge on any atom is 0.328 e. The van der Waals surface area contributed by atoms with E-state index in [1.165, 1.54) is 9.47 Å². The predicted molar refractivity (Wildman–Crippen MR) is 103 cm³/mol. The zero-order valence-electron chi connectivity index (χ0n) is 15.8. The summed E-state index contributed by atoms with van der Waals surface area (Å²) in [5, 5.41) is 2.78. The molecule has 1 fully saturated rings. The molecule has 3 amide bonds. The predicted octanol–water partition coefficient (Wildman–Crippen LogP) is 1.16. The molecule has 1 aromatic heterocycles. The van der Waals surface area contributed by atoms with Gasteiger partial charge < -0.3 is 5.32 Å². The number of aromatic nitrogens is 2. The highest BCUT2D eigenvalue weighted by Gasteiger charge is 2.46. The molecular weight excluding hydrogens is 360 g/mol. The quantitative estimate of drug-likeness (QED) is 0.634. The number of anilines is 1. The molecule has 8 nitrogen and oxygen atoms in total. The molecule has 146 valence electrons. The lowest BCUT2D eigenvalue weighted by molar-refractivity contribution is -0.140. The fourth-order valence-electron chi connectivity index (χ4n) is 4.11. The van der Waals surface area contributed by atoms with Gasteiger partial charge in [-0.25, -0.2) is 4.79 Å². The van der Waals surface area contributed by atoms with Gasteiger partial charge in [-0.2, -0.15) is 0 Å². The number of fused-ring (bicyclic) bond motifs is 2. The van der Waals surface area contributed by atoms with Crippen molar-refractivity contribution >= 4 is 34.4 Å². The molecule has 1 saturated heterocycles. The molecular formula is C20H22N4O4. The Balaban J connectivity index is 1.42. The first kappa shape index (κ1) is 18.2. The third-order valence-electron chi connectivity index (χ3n) is 5.72. The maximum atomic E-state index is 12.4. The molecule has 0 saturated carbocycles. The minimum Gasteiger partial charge on any atom is -0.326 e. The number of nitrogens with one attached hydrogen (secondary N) is 1. The first-order valence-corrected chi connectivity index (χ1v) is 9.34. The van der Waals surface area contributed by atoms with Crippen LogP contribution in [0.5, 0.6) is 0 Å². The van der Waals surface area contributed by atoms with Crippen LogP contribution in [0.1, 0.15) is 19.3 Å². The summed E-state index contributed by atoms with van der Waals surface area (Å²) in [5.74, 6) is -1.18. The number of carbonyl (C=O) groups excluding carboxylic acids is 3. The molecule has 4 rings (SSSR count). The van der Waals surface area contributed by atoms with Crippen LogP contribution in [0.25, 0.3) is 11.0 Å². The normalized spacial score (nSPS) is 21.4. The Morgan fingerprint density at radius 3 is 2.25 bits per heavy atom. The van der Waals surface area contributed by atoms with Gasteiger partial charge in [0.1, 0.15) is 0 Å². The van der Waals surface area contributed by atoms with E-state index in [4.69, 9.17) is 0 Å². The Morgan fingerprint density at radius 2 is 1.61 bits per heavy atom. The molecule has 2 aliphatic rings. The zero-order valence-corrected chi connectivity index (χ0v) is 15.8. The third kappa shape index (κ3) is 2.85. The molecule has 1 N–H and O–H groups in total. The molecule has 28 heavy (non-hydrogen) atoms. The van der Waals surface area contributed by atoms with Crippen molar-refractivity contribution in [2.75, 3.05) is 11.9 Å². The van der Waals surface area contributed by atoms with Gasteiger partial charge in [-0.05, 0) is 31.0 Å². The van der Waals surface area contributed by atoms with Gasteiger partial charge in [-0.1, -0.05) is 12.2 Å². The van der Waals surface area contributed by atoms with Gasteiger partial charge >= 0.3 is 5.69 Å². The molecule has 1 aliphatic heterocycles. The second-order valence-corrected chi connectivity index (χ2v) is 7.39. The Hall–Kier alpha value is -3.16. The molecule has 2 atom stereocenters. The smallest absolute Gasteiger partial charge is 0.326 e. The zero-order chi connectivity index (χ0) is 20.0. The molecule has 1 aliphatic carbocycles. The molecule has 2 aromatic rings. The number of hydrogen-bond donors (Lipinski definition) is 1. The topological polar surface area (TPSA) is 93.4 Å². The van der Waals surface area contributed by atoms with Crippen LogP contribution in [0.4, 0.5) is 5.69 Å². The molecule has 8 heteroatoms. The van der Waals surface area contributed by atoms with Gasteiger partial charge in [-0.15, -0.1) is 0 Å². The van der Waals surface area contributed by atoms with Crippen LogP contribution in [-0.4, -0.2) is 38.3 Å². The average Bonchev–Trinajstić information content (AvgIpc) is 3.06. The molecule has 0 unspecified atom stereocenters. The van der Waals surface area contributed by atoms with Crippen molar-refractivity contribution in [3.63, 3.8) is 0 Å². The number of imide groups is 1. The van der Waals surface area contributed by atoms with Crippen LogP contribution in [0.3, 0.4) is 0 Å². The molecule has 0 radical (unpaired) electrons. The van der Waals surface area contributed by atoms with Crippen LogP contribution in [0.2, 0.25) is 0 Å². The van der Waals surface area contributed by atoms with Crippen molar-refractivity contribution in [1.29, 1.82) is 0 Å². The molecule has 0 spiro atoms. The highest BCUT2D eigenvalue weighted by atomic mass is 16.2. The lowest BCUT2D eigenvalue weighted by Crippen LogP contribution is -2.34. The minimum atomic E-state index is -0.283. The average molecular weight is 382 g/mol. The fraction of sp³-hybridized carbons (Fsp3) is 0.400. The highest BCUT2D eigenvalue weighted by molar-refractivity contribution is 6.06. The van der Waals surface area contributed by atoms with Crippen LogP contribution >= 0.6 is 0 Å². The van der Waals surface area contributed by atoms with Crippen LogP contribution in [0, 0.1) is 11.8 Å². The van der Waals surface area contributed by atoms with Gasteiger partial charge in [0, 0.05) is 32.7 Å². The lowest BCUT2D eigenvalue weighted by Gasteiger charge is -2.14. The van der Waals surface area contributed by atoms with E-state index in [2.05, 4.69) is 5.32 Å². The summed E-state index contributed by atoms with van der Waals surface area (Å²) < 4.78 is 3.06. The number of rotatable bonds is 4. The van der Waals surface area contributed by atoms with Crippen LogP contribution in [-0.2, 0) is 28.5 Å². The number of benzene rings is 1. The summed E-state index contributed by atoms with van der Waals surface area (Å²) in [6.45, 7) is 0.0859. The molecule has 1 aromatic carbocycles. The van der Waals surface area contributed by atoms with Gasteiger partial charge in [0.05, 0.1) is 22.9 Å². The molecule has 2 heterocycles. The van der Waals surface area contributed by atoms with E-state index in [1.807, 2.05) is 12.2 Å². The van der Waals surface area contributed by atoms with E-state index in [0.29, 0.717) is 24.0 Å². The summed E-state index contributed by atoms with van der Waals surface area (Å²) in [6.07, 6.45) is 5.10. The Bertz CT molecular complexity index is 1050. The van der Waals surface area contributed by atoms with Crippen molar-refractivity contribution in [1.82, 2.24) is 14.0 Å². The first-order valence-electron chi connectivity index (χ1n) is 9.34. The third-order valence-corrected chi connectivity index (χ3v) is 5.72. The van der Waals surface area contributed by atoms with Crippen molar-refractivity contribution in [3.05, 3.63) is 40.8 Å². The van der Waals surface area contributed by atoms with E-state index in [-0.39, 0.29) is 48.2 Å². The summed E-state index contributed by atoms with van der Waals surface area (Å²) in [5.41, 5.74) is 1.91. The van der Waals surface area contributed by atoms with Crippen molar-refractivity contribution in [2.24, 2.45) is 25.9 Å². The maximum absolute atomic E-state index is 12.4. The number of hydrogen-bond acceptors (Lipinski definition) is 4. The van der Waals surface area contributed by atoms with E-state index in [1.54, 1.807) is 36.9 Å². The Morgan fingerprint density at radius 1 is 1.00 bits per heavy atom. The van der Waals surface area contributed by atoms with Crippen LogP contribution < -0.4 is 11.0 Å². The summed E-state index contributed by atoms with van der Waals surface area (Å²) in [4.78, 5) is 50.5. The standard InChI is InChI=1S/C20H22N4O4/c1-22-15-8-7-12(11-16(15)23(2)20(22)28)21-17(25)9-10-24-18(26)13-5-3-4-6-14(13)19(24)27/h3-4,7-8,11,13-14H,5-6,9-10H2,1-2H3,(H,21,25)/t13-,14+. The first-order chi connectivity index (χ1) is 13.4. The van der Waals surface area contributed by atoms with Gasteiger partial charge in [0.2, 0.25) is 17.7 Å². The number of carbonyl (C=O) groups is 3. The largest absolute Gasteiger partial charge is 0.328 e. The van der Waals surface area contributed by atoms with Gasteiger partial charge in [0.15, 0.2) is 0 Å². The van der Waals surface area contributed by atoms with E-state index in [0.717, 1.165) is 5.52 Å². The van der Waals surface area contributed by atoms with Crippen molar-refractivity contribution in [2.45, 2.75) is 19.3 Å². The second kappa shape index (κ2) is 6.78. The second-order valence-electron chi connectivity index (χ2n) is 7.39. The number of allylic oxidation sites excluding steroid dienone is 2. The lowest BCUT2D eigenvalue weighted by atomic mass is 9.85. The van der Waals surface area contributed by atoms with Crippen molar-refractivity contribution in [3.8, 4) is 0 Å². The number of likely N-dealkylation sites (tertiary alicyclic amines) is 1. The monoisotopic (exact) mass is 382 g/mol. The summed E-state index contributed by atoms with van der Waals surface area (Å²) in [6, 6.07) is 5.24. The Kier molecular flexibility index (Phi) is 4.41.